The van der Waals surface area contributed by atoms with Crippen LogP contribution in [-0.4, -0.2) is 23.8 Å². The predicted molar refractivity (Wildman–Crippen MR) is 135 cm³/mol. The zero-order chi connectivity index (χ0) is 24.3. The van der Waals surface area contributed by atoms with E-state index in [4.69, 9.17) is 32.7 Å². The number of nitrogens with one attached hydrogen (secondary N) is 1. The Bertz CT molecular complexity index is 1100. The molecule has 0 saturated heterocycles. The lowest BCUT2D eigenvalue weighted by atomic mass is 10.0. The van der Waals surface area contributed by atoms with Gasteiger partial charge in [-0.2, -0.15) is 5.10 Å². The number of hydrogen-bond acceptors (Lipinski definition) is 5. The molecule has 0 aromatic heterocycles. The molecule has 1 amide bonds. The number of halogens is 2. The molecule has 6 nitrogen and oxygen atoms in total. The molecule has 34 heavy (non-hydrogen) atoms. The van der Waals surface area contributed by atoms with Gasteiger partial charge in [0.05, 0.1) is 29.0 Å². The fourth-order valence-corrected chi connectivity index (χ4v) is 3.39. The molecular weight excluding hydrogens is 475 g/mol. The van der Waals surface area contributed by atoms with Crippen molar-refractivity contribution in [1.82, 2.24) is 5.43 Å². The first-order valence-electron chi connectivity index (χ1n) is 10.8. The largest absolute Gasteiger partial charge is 0.494 e. The quantitative estimate of drug-likeness (QED) is 0.252. The maximum Gasteiger partial charge on any atom is 0.240 e. The van der Waals surface area contributed by atoms with Crippen LogP contribution in [0.3, 0.4) is 0 Å². The summed E-state index contributed by atoms with van der Waals surface area (Å²) < 4.78 is 11.1. The number of ether oxygens (including phenoxy) is 2. The van der Waals surface area contributed by atoms with Gasteiger partial charge in [-0.05, 0) is 78.6 Å². The summed E-state index contributed by atoms with van der Waals surface area (Å²) >= 11 is 11.9. The van der Waals surface area contributed by atoms with Crippen molar-refractivity contribution in [1.29, 1.82) is 0 Å². The molecule has 3 aromatic rings. The van der Waals surface area contributed by atoms with Crippen molar-refractivity contribution in [3.8, 4) is 11.5 Å². The molecule has 0 radical (unpaired) electrons. The van der Waals surface area contributed by atoms with Crippen LogP contribution in [0.2, 0.25) is 10.0 Å². The van der Waals surface area contributed by atoms with E-state index in [-0.39, 0.29) is 12.3 Å². The molecule has 0 aliphatic carbocycles. The van der Waals surface area contributed by atoms with E-state index in [9.17, 15) is 9.90 Å². The number of carbonyl (C=O) groups is 1. The van der Waals surface area contributed by atoms with E-state index in [1.807, 2.05) is 37.3 Å². The second-order valence-corrected chi connectivity index (χ2v) is 8.27. The maximum absolute atomic E-state index is 12.0. The zero-order valence-corrected chi connectivity index (χ0v) is 20.2. The average molecular weight is 501 g/mol. The lowest BCUT2D eigenvalue weighted by Crippen LogP contribution is -2.18. The molecule has 1 atom stereocenters. The summed E-state index contributed by atoms with van der Waals surface area (Å²) in [6.07, 6.45) is 1.25. The Kier molecular flexibility index (Phi) is 9.76. The fourth-order valence-electron chi connectivity index (χ4n) is 3.07. The first-order valence-corrected chi connectivity index (χ1v) is 11.6. The topological polar surface area (TPSA) is 80.2 Å². The van der Waals surface area contributed by atoms with Gasteiger partial charge in [0.25, 0.3) is 0 Å². The van der Waals surface area contributed by atoms with Gasteiger partial charge in [0.2, 0.25) is 5.91 Å². The lowest BCUT2D eigenvalue weighted by molar-refractivity contribution is -0.121. The summed E-state index contributed by atoms with van der Waals surface area (Å²) in [6.45, 7) is 2.86. The molecular formula is C26H26Cl2N2O4. The fraction of sp³-hybridized carbons (Fsp3) is 0.231. The third-order valence-corrected chi connectivity index (χ3v) is 5.63. The van der Waals surface area contributed by atoms with Gasteiger partial charge < -0.3 is 14.6 Å². The first-order chi connectivity index (χ1) is 16.4. The highest BCUT2D eigenvalue weighted by molar-refractivity contribution is 6.42. The number of rotatable bonds is 11. The Morgan fingerprint density at radius 2 is 1.68 bits per heavy atom. The third kappa shape index (κ3) is 8.06. The predicted octanol–water partition coefficient (Wildman–Crippen LogP) is 5.94. The van der Waals surface area contributed by atoms with Crippen molar-refractivity contribution in [2.24, 2.45) is 5.10 Å². The number of nitrogens with zero attached hydrogens (tertiary/aromatic N) is 1. The Hall–Kier alpha value is -3.06. The number of benzene rings is 3. The standard InChI is InChI=1S/C26H26Cl2N2O4/c1-2-33-21-10-6-20(7-11-21)25(31)13-14-26(32)30-29-16-18-3-8-22(9-4-18)34-17-19-5-12-23(27)24(28)15-19/h3-12,15-16,25,31H,2,13-14,17H2,1H3,(H,30,32)/b29-16-/t25-/m0/s1. The number of aliphatic hydroxyl groups excluding tert-OH is 1. The van der Waals surface area contributed by atoms with Crippen molar-refractivity contribution in [3.05, 3.63) is 93.5 Å². The smallest absolute Gasteiger partial charge is 0.240 e. The molecule has 0 bridgehead atoms. The van der Waals surface area contributed by atoms with Crippen LogP contribution >= 0.6 is 23.2 Å². The van der Waals surface area contributed by atoms with E-state index in [2.05, 4.69) is 10.5 Å². The summed E-state index contributed by atoms with van der Waals surface area (Å²) in [4.78, 5) is 12.0. The second-order valence-electron chi connectivity index (χ2n) is 7.46. The molecule has 0 aliphatic rings. The molecule has 2 N–H and O–H groups in total. The number of hydrogen-bond donors (Lipinski definition) is 2. The van der Waals surface area contributed by atoms with Gasteiger partial charge >= 0.3 is 0 Å². The molecule has 0 spiro atoms. The minimum absolute atomic E-state index is 0.146. The summed E-state index contributed by atoms with van der Waals surface area (Å²) in [7, 11) is 0. The summed E-state index contributed by atoms with van der Waals surface area (Å²) in [5, 5.41) is 15.2. The molecule has 3 rings (SSSR count). The summed E-state index contributed by atoms with van der Waals surface area (Å²) in [5.74, 6) is 1.16. The first kappa shape index (κ1) is 25.6. The molecule has 0 aliphatic heterocycles. The third-order valence-electron chi connectivity index (χ3n) is 4.89. The number of aliphatic hydroxyl groups is 1. The van der Waals surface area contributed by atoms with Crippen molar-refractivity contribution < 1.29 is 19.4 Å². The normalized spacial score (nSPS) is 11.9. The van der Waals surface area contributed by atoms with Crippen LogP contribution in [0.15, 0.2) is 71.8 Å². The molecule has 8 heteroatoms. The van der Waals surface area contributed by atoms with E-state index in [1.54, 1.807) is 42.6 Å². The Morgan fingerprint density at radius 3 is 2.35 bits per heavy atom. The Balaban J connectivity index is 1.40. The van der Waals surface area contributed by atoms with Crippen LogP contribution in [0, 0.1) is 0 Å². The van der Waals surface area contributed by atoms with Gasteiger partial charge in [-0.1, -0.05) is 41.4 Å². The maximum atomic E-state index is 12.0. The second kappa shape index (κ2) is 13.0. The summed E-state index contributed by atoms with van der Waals surface area (Å²) in [6, 6.07) is 19.8. The van der Waals surface area contributed by atoms with E-state index in [0.29, 0.717) is 35.4 Å². The Labute approximate surface area is 209 Å². The zero-order valence-electron chi connectivity index (χ0n) is 18.7. The van der Waals surface area contributed by atoms with Gasteiger partial charge in [-0.25, -0.2) is 5.43 Å². The minimum atomic E-state index is -0.734. The van der Waals surface area contributed by atoms with Gasteiger partial charge in [0, 0.05) is 6.42 Å². The number of carbonyl (C=O) groups excluding carboxylic acids is 1. The molecule has 178 valence electrons. The van der Waals surface area contributed by atoms with E-state index >= 15 is 0 Å². The van der Waals surface area contributed by atoms with Gasteiger partial charge in [0.1, 0.15) is 18.1 Å². The van der Waals surface area contributed by atoms with E-state index in [0.717, 1.165) is 22.4 Å². The highest BCUT2D eigenvalue weighted by Gasteiger charge is 2.10. The van der Waals surface area contributed by atoms with Crippen LogP contribution in [0.25, 0.3) is 0 Å². The molecule has 0 fully saturated rings. The summed E-state index contributed by atoms with van der Waals surface area (Å²) in [5.41, 5.74) is 4.93. The van der Waals surface area contributed by atoms with Crippen LogP contribution in [-0.2, 0) is 11.4 Å². The van der Waals surface area contributed by atoms with Crippen LogP contribution < -0.4 is 14.9 Å². The van der Waals surface area contributed by atoms with Crippen molar-refractivity contribution in [3.63, 3.8) is 0 Å². The van der Waals surface area contributed by atoms with Gasteiger partial charge in [-0.3, -0.25) is 4.79 Å². The Morgan fingerprint density at radius 1 is 1.00 bits per heavy atom. The van der Waals surface area contributed by atoms with Crippen LogP contribution in [0.5, 0.6) is 11.5 Å². The highest BCUT2D eigenvalue weighted by Crippen LogP contribution is 2.24. The van der Waals surface area contributed by atoms with Gasteiger partial charge in [-0.15, -0.1) is 0 Å². The van der Waals surface area contributed by atoms with E-state index < -0.39 is 6.10 Å². The van der Waals surface area contributed by atoms with E-state index in [1.165, 1.54) is 0 Å². The van der Waals surface area contributed by atoms with Crippen LogP contribution in [0.4, 0.5) is 0 Å². The van der Waals surface area contributed by atoms with Crippen molar-refractivity contribution in [2.45, 2.75) is 32.5 Å². The highest BCUT2D eigenvalue weighted by atomic mass is 35.5. The molecule has 0 unspecified atom stereocenters. The van der Waals surface area contributed by atoms with Crippen LogP contribution in [0.1, 0.15) is 42.6 Å². The van der Waals surface area contributed by atoms with Crippen molar-refractivity contribution >= 4 is 35.3 Å². The van der Waals surface area contributed by atoms with Crippen molar-refractivity contribution in [2.75, 3.05) is 6.61 Å². The number of amides is 1. The monoisotopic (exact) mass is 500 g/mol. The van der Waals surface area contributed by atoms with Gasteiger partial charge in [0.15, 0.2) is 0 Å². The molecule has 0 heterocycles. The lowest BCUT2D eigenvalue weighted by Gasteiger charge is -2.11. The minimum Gasteiger partial charge on any atom is -0.494 e. The molecule has 0 saturated carbocycles. The average Bonchev–Trinajstić information content (AvgIpc) is 2.85. The SMILES string of the molecule is CCOc1ccc([C@@H](O)CCC(=O)N/N=C\c2ccc(OCc3ccc(Cl)c(Cl)c3)cc2)cc1. The number of hydrazone groups is 1. The molecule has 3 aromatic carbocycles.